The number of alkyl halides is 3. The summed E-state index contributed by atoms with van der Waals surface area (Å²) in [5, 5.41) is 41.5. The monoisotopic (exact) mass is 1290 g/mol. The highest BCUT2D eigenvalue weighted by atomic mass is 35.5. The molecule has 0 aromatic carbocycles. The smallest absolute Gasteiger partial charge is 0.470 e. The summed E-state index contributed by atoms with van der Waals surface area (Å²) in [5.74, 6) is 0.00932. The number of carboxylic acid groups (broad SMARTS) is 2. The van der Waals surface area contributed by atoms with Crippen LogP contribution in [-0.2, 0) is 52.2 Å². The lowest BCUT2D eigenvalue weighted by atomic mass is 9.43. The van der Waals surface area contributed by atoms with Gasteiger partial charge in [0.25, 0.3) is 0 Å². The lowest BCUT2D eigenvalue weighted by Gasteiger charge is -2.64. The molecule has 15 atom stereocenters. The topological polar surface area (TPSA) is 344 Å². The molecule has 0 aromatic rings. The maximum absolute atomic E-state index is 13.6. The van der Waals surface area contributed by atoms with Crippen LogP contribution in [0.2, 0.25) is 17.5 Å². The van der Waals surface area contributed by atoms with E-state index in [-0.39, 0.29) is 108 Å². The Morgan fingerprint density at radius 3 is 1.27 bits per heavy atom. The van der Waals surface area contributed by atoms with Crippen molar-refractivity contribution >= 4 is 68.5 Å². The number of aliphatic carboxylic acids is 1. The van der Waals surface area contributed by atoms with Crippen molar-refractivity contribution < 1.29 is 109 Å². The minimum atomic E-state index is -4.25. The van der Waals surface area contributed by atoms with Crippen LogP contribution in [0.3, 0.4) is 0 Å². The summed E-state index contributed by atoms with van der Waals surface area (Å²) in [4.78, 5) is 85.9. The first-order valence-corrected chi connectivity index (χ1v) is 32.0. The summed E-state index contributed by atoms with van der Waals surface area (Å²) >= 11 is 0. The average Bonchev–Trinajstić information content (AvgIpc) is 1.68. The number of carboxylic acids is 1. The fourth-order valence-corrected chi connectivity index (χ4v) is 14.6. The van der Waals surface area contributed by atoms with Crippen molar-refractivity contribution in [3.05, 3.63) is 0 Å². The average molecular weight is 1290 g/mol. The van der Waals surface area contributed by atoms with E-state index in [9.17, 15) is 56.8 Å². The van der Waals surface area contributed by atoms with Gasteiger partial charge in [0, 0.05) is 52.2 Å². The van der Waals surface area contributed by atoms with Gasteiger partial charge in [0.1, 0.15) is 12.1 Å². The molecule has 0 radical (unpaired) electrons. The van der Waals surface area contributed by atoms with Gasteiger partial charge in [-0.05, 0) is 139 Å². The number of nitrogens with two attached hydrogens (primary N) is 1. The maximum atomic E-state index is 13.6. The van der Waals surface area contributed by atoms with Crippen LogP contribution in [-0.4, -0.2) is 143 Å². The minimum absolute atomic E-state index is 0. The van der Waals surface area contributed by atoms with Crippen LogP contribution >= 0.6 is 0 Å². The highest BCUT2D eigenvalue weighted by molar-refractivity contribution is 6.48. The normalized spacial score (nSPS) is 29.4. The molecule has 2 aliphatic heterocycles. The van der Waals surface area contributed by atoms with E-state index in [1.807, 2.05) is 6.92 Å². The molecule has 4 bridgehead atoms. The van der Waals surface area contributed by atoms with Gasteiger partial charge in [-0.25, -0.2) is 4.79 Å². The van der Waals surface area contributed by atoms with Crippen LogP contribution in [0, 0.1) is 52.3 Å². The number of hydrogen-bond acceptors (Lipinski definition) is 14. The Morgan fingerprint density at radius 2 is 0.955 bits per heavy atom. The van der Waals surface area contributed by atoms with E-state index in [1.165, 1.54) is 66.7 Å². The molecule has 0 aromatic heterocycles. The number of carbonyl (C=O) groups is 8. The predicted molar refractivity (Wildman–Crippen MR) is 326 cm³/mol. The van der Waals surface area contributed by atoms with Crippen molar-refractivity contribution in [3.63, 3.8) is 0 Å². The first-order chi connectivity index (χ1) is 40.5. The number of amides is 4. The number of carbonyl (C=O) groups excluding carboxylic acids is 6. The van der Waals surface area contributed by atoms with Gasteiger partial charge in [0.2, 0.25) is 17.7 Å². The van der Waals surface area contributed by atoms with Crippen molar-refractivity contribution in [2.24, 2.45) is 58.0 Å². The number of quaternary nitrogens is 1. The molecule has 9 aliphatic carbocycles. The molecular formula is C61H106B3ClF3N5O16. The predicted octanol–water partition coefficient (Wildman–Crippen LogP) is 4.53. The summed E-state index contributed by atoms with van der Waals surface area (Å²) in [6, 6.07) is -1.84. The van der Waals surface area contributed by atoms with Crippen LogP contribution in [0.4, 0.5) is 18.0 Å². The minimum Gasteiger partial charge on any atom is -1.00 e. The summed E-state index contributed by atoms with van der Waals surface area (Å²) < 4.78 is 65.9. The second kappa shape index (κ2) is 33.3. The van der Waals surface area contributed by atoms with Gasteiger partial charge in [-0.3, -0.25) is 33.6 Å². The second-order valence-electron chi connectivity index (χ2n) is 28.6. The third-order valence-electron chi connectivity index (χ3n) is 21.2. The van der Waals surface area contributed by atoms with E-state index in [4.69, 9.17) is 33.6 Å². The van der Waals surface area contributed by atoms with Crippen LogP contribution in [0.15, 0.2) is 0 Å². The SMILES string of the molecule is CC(=O)C(C)[NH3+].CC(=O)NC(C)C(=O)C[C@@H](CC1CCC1)B(O)O.CC(=O)NC(C)C(=O)C[C@@H](CC1CCC1)B1O[C@@H]2C[C@@H]3C[C@@H](C3(C)C)[C@]2(C)O1.CC(=O)NC(C)C(=O)O.CC1(C)[C@@H]2C[C@H]3OB([C@H](CC4CCC4)C(F)(F)F)O[C@@]3(C)[C@H]1C2.NC(=O)O.[Cl-]. The van der Waals surface area contributed by atoms with Gasteiger partial charge in [-0.1, -0.05) is 85.5 Å². The molecule has 21 nitrogen and oxygen atoms in total. The Hall–Kier alpha value is -3.85. The Balaban J connectivity index is 0.000000307. The van der Waals surface area contributed by atoms with Crippen LogP contribution in [0.25, 0.3) is 0 Å². The lowest BCUT2D eigenvalue weighted by molar-refractivity contribution is -0.397. The molecule has 28 heteroatoms. The number of halogens is 4. The molecule has 9 saturated carbocycles. The molecule has 11 fully saturated rings. The number of Topliss-reactive ketones (excluding diaryl/α,β-unsaturated/α-hetero) is 3. The zero-order chi connectivity index (χ0) is 66.8. The number of rotatable bonds is 20. The fraction of sp³-hybridized carbons (Fsp3) is 0.869. The van der Waals surface area contributed by atoms with Gasteiger partial charge >= 0.3 is 39.6 Å². The largest absolute Gasteiger partial charge is 1.00 e. The number of primary amides is 1. The summed E-state index contributed by atoms with van der Waals surface area (Å²) in [6.07, 6.45) is 11.0. The fourth-order valence-electron chi connectivity index (χ4n) is 14.6. The van der Waals surface area contributed by atoms with Crippen LogP contribution in [0.1, 0.15) is 213 Å². The second-order valence-corrected chi connectivity index (χ2v) is 28.6. The number of ketones is 3. The maximum Gasteiger partial charge on any atom is 0.470 e. The third-order valence-corrected chi connectivity index (χ3v) is 21.2. The van der Waals surface area contributed by atoms with Gasteiger partial charge < -0.3 is 78.7 Å². The molecule has 0 spiro atoms. The van der Waals surface area contributed by atoms with Gasteiger partial charge in [0.15, 0.2) is 17.3 Å². The Bertz CT molecular complexity index is 2400. The first-order valence-electron chi connectivity index (χ1n) is 32.0. The van der Waals surface area contributed by atoms with Crippen molar-refractivity contribution in [1.82, 2.24) is 16.0 Å². The van der Waals surface area contributed by atoms with Crippen LogP contribution in [0.5, 0.6) is 0 Å². The molecule has 2 heterocycles. The van der Waals surface area contributed by atoms with Gasteiger partial charge in [-0.2, -0.15) is 13.2 Å². The van der Waals surface area contributed by atoms with E-state index in [0.29, 0.717) is 47.8 Å². The molecular weight excluding hydrogens is 1180 g/mol. The molecule has 11 rings (SSSR count). The van der Waals surface area contributed by atoms with Crippen molar-refractivity contribution in [2.75, 3.05) is 0 Å². The lowest BCUT2D eigenvalue weighted by Crippen LogP contribution is -3.00. The van der Waals surface area contributed by atoms with Gasteiger partial charge in [0.05, 0.1) is 41.3 Å². The molecule has 12 N–H and O–H groups in total. The zero-order valence-corrected chi connectivity index (χ0v) is 55.9. The first kappa shape index (κ1) is 79.4. The van der Waals surface area contributed by atoms with E-state index < -0.39 is 67.8 Å². The molecule has 11 aliphatic rings. The van der Waals surface area contributed by atoms with E-state index in [1.54, 1.807) is 20.8 Å². The Kier molecular flexibility index (Phi) is 29.7. The molecule has 4 amide bonds. The van der Waals surface area contributed by atoms with E-state index >= 15 is 0 Å². The molecule has 4 unspecified atom stereocenters. The third kappa shape index (κ3) is 21.6. The van der Waals surface area contributed by atoms with Crippen molar-refractivity contribution in [2.45, 2.75) is 284 Å². The van der Waals surface area contributed by atoms with Gasteiger partial charge in [-0.15, -0.1) is 0 Å². The highest BCUT2D eigenvalue weighted by Crippen LogP contribution is 2.68. The van der Waals surface area contributed by atoms with Crippen molar-refractivity contribution in [1.29, 1.82) is 0 Å². The van der Waals surface area contributed by atoms with Crippen molar-refractivity contribution in [3.8, 4) is 0 Å². The summed E-state index contributed by atoms with van der Waals surface area (Å²) in [6.45, 7) is 25.6. The molecule has 2 saturated heterocycles. The highest BCUT2D eigenvalue weighted by Gasteiger charge is 2.71. The van der Waals surface area contributed by atoms with Crippen LogP contribution < -0.4 is 39.8 Å². The summed E-state index contributed by atoms with van der Waals surface area (Å²) in [5.41, 5.74) is 7.22. The zero-order valence-electron chi connectivity index (χ0n) is 55.2. The molecule has 508 valence electrons. The quantitative estimate of drug-likeness (QED) is 0.0756. The number of hydrogen-bond donors (Lipinski definition) is 9. The molecule has 89 heavy (non-hydrogen) atoms. The Morgan fingerprint density at radius 1 is 0.607 bits per heavy atom. The standard InChI is InChI=1S/C22H36BNO4.C17H26BF3O2.C12H22BNO4.C5H9NO3.C4H9NO.CH3NO2.ClH/c1-13(24-14(2)25)18(26)12-17(9-15-7-6-8-15)23-27-20-11-16-10-19(21(16,3)4)22(20,5)28-23;1-15(2)11-8-12(15)16(3)14(9-11)22-18(23-16)13(17(19,20)21)7-10-5-4-6-10;1-8(14-9(2)15)12(16)7-11(13(17)18)6-10-4-3-5-10;1-3(5(8)9)6-4(2)7;1-3(5)4(2)6;2-1(3)4;/h13,15-17,19-20H,6-12H2,1-5H3,(H,24,25);10-14H,4-9H2,1-3H3;8,10-11,17-18H,3-7H2,1-2H3,(H,14,15);3H,1-2H3,(H,6,7)(H,8,9);3H,5H2,1-2H3;2H2,(H,3,4);1H/t13?,16-,17+,19-,20+,22-;11-,12-,13+,14+,16-;8?,11-;;;;/m001..../s1. The summed E-state index contributed by atoms with van der Waals surface area (Å²) in [7, 11) is -2.86. The van der Waals surface area contributed by atoms with E-state index in [0.717, 1.165) is 63.7 Å². The Labute approximate surface area is 532 Å². The number of nitrogens with one attached hydrogen (secondary N) is 3. The van der Waals surface area contributed by atoms with E-state index in [2.05, 4.69) is 62.0 Å².